The minimum Gasteiger partial charge on any atom is -0.435 e. The third kappa shape index (κ3) is 3.38. The number of halogens is 2. The first-order chi connectivity index (χ1) is 6.72. The number of hydrogen-bond acceptors (Lipinski definition) is 2. The Balaban J connectivity index is 2.54. The van der Waals surface area contributed by atoms with Crippen molar-refractivity contribution in [2.24, 2.45) is 0 Å². The summed E-state index contributed by atoms with van der Waals surface area (Å²) in [5.41, 5.74) is 0.818. The molecule has 1 aromatic rings. The van der Waals surface area contributed by atoms with Crippen LogP contribution in [0.4, 0.5) is 8.78 Å². The predicted molar refractivity (Wildman–Crippen MR) is 46.0 cm³/mol. The SMILES string of the molecule is O=CNCc1ccc(OC(F)F)cc1. The van der Waals surface area contributed by atoms with E-state index >= 15 is 0 Å². The van der Waals surface area contributed by atoms with E-state index in [2.05, 4.69) is 10.1 Å². The molecule has 1 rings (SSSR count). The lowest BCUT2D eigenvalue weighted by molar-refractivity contribution is -0.109. The first kappa shape index (κ1) is 10.4. The van der Waals surface area contributed by atoms with E-state index in [1.807, 2.05) is 0 Å². The highest BCUT2D eigenvalue weighted by Crippen LogP contribution is 2.14. The molecule has 0 aliphatic heterocycles. The van der Waals surface area contributed by atoms with Gasteiger partial charge in [-0.05, 0) is 17.7 Å². The van der Waals surface area contributed by atoms with Gasteiger partial charge in [-0.2, -0.15) is 8.78 Å². The maximum absolute atomic E-state index is 11.7. The van der Waals surface area contributed by atoms with Gasteiger partial charge in [-0.15, -0.1) is 0 Å². The summed E-state index contributed by atoms with van der Waals surface area (Å²) in [7, 11) is 0. The Kier molecular flexibility index (Phi) is 3.84. The van der Waals surface area contributed by atoms with Crippen molar-refractivity contribution in [3.63, 3.8) is 0 Å². The molecule has 0 aliphatic rings. The zero-order valence-corrected chi connectivity index (χ0v) is 7.24. The fourth-order valence-electron chi connectivity index (χ4n) is 0.948. The van der Waals surface area contributed by atoms with Crippen LogP contribution in [0.25, 0.3) is 0 Å². The second-order valence-corrected chi connectivity index (χ2v) is 2.52. The van der Waals surface area contributed by atoms with Crippen molar-refractivity contribution in [3.8, 4) is 5.75 Å². The highest BCUT2D eigenvalue weighted by molar-refractivity contribution is 5.46. The summed E-state index contributed by atoms with van der Waals surface area (Å²) in [4.78, 5) is 9.96. The van der Waals surface area contributed by atoms with Crippen LogP contribution in [0.3, 0.4) is 0 Å². The van der Waals surface area contributed by atoms with Gasteiger partial charge in [-0.25, -0.2) is 0 Å². The molecule has 3 nitrogen and oxygen atoms in total. The summed E-state index contributed by atoms with van der Waals surface area (Å²) in [6, 6.07) is 6.06. The highest BCUT2D eigenvalue weighted by Gasteiger charge is 2.02. The van der Waals surface area contributed by atoms with Crippen molar-refractivity contribution in [2.45, 2.75) is 13.2 Å². The number of alkyl halides is 2. The zero-order chi connectivity index (χ0) is 10.4. The Labute approximate surface area is 79.7 Å². The Bertz CT molecular complexity index is 287. The van der Waals surface area contributed by atoms with Crippen molar-refractivity contribution in [3.05, 3.63) is 29.8 Å². The molecule has 0 radical (unpaired) electrons. The van der Waals surface area contributed by atoms with Crippen LogP contribution < -0.4 is 10.1 Å². The van der Waals surface area contributed by atoms with Gasteiger partial charge < -0.3 is 10.1 Å². The number of nitrogens with one attached hydrogen (secondary N) is 1. The number of amides is 1. The third-order valence-electron chi connectivity index (χ3n) is 1.54. The van der Waals surface area contributed by atoms with Gasteiger partial charge in [-0.3, -0.25) is 4.79 Å². The van der Waals surface area contributed by atoms with Gasteiger partial charge in [0, 0.05) is 6.54 Å². The lowest BCUT2D eigenvalue weighted by atomic mass is 10.2. The van der Waals surface area contributed by atoms with Crippen molar-refractivity contribution >= 4 is 6.41 Å². The van der Waals surface area contributed by atoms with Crippen LogP contribution in [-0.2, 0) is 11.3 Å². The molecule has 0 saturated heterocycles. The van der Waals surface area contributed by atoms with Gasteiger partial charge in [-0.1, -0.05) is 12.1 Å². The van der Waals surface area contributed by atoms with E-state index in [0.717, 1.165) is 5.56 Å². The van der Waals surface area contributed by atoms with E-state index in [4.69, 9.17) is 0 Å². The summed E-state index contributed by atoms with van der Waals surface area (Å²) in [5.74, 6) is 0.106. The van der Waals surface area contributed by atoms with Crippen LogP contribution in [0, 0.1) is 0 Å². The van der Waals surface area contributed by atoms with Crippen molar-refractivity contribution in [2.75, 3.05) is 0 Å². The molecule has 1 aromatic carbocycles. The molecule has 0 bridgehead atoms. The predicted octanol–water partition coefficient (Wildman–Crippen LogP) is 1.53. The minimum atomic E-state index is -2.81. The first-order valence-corrected chi connectivity index (χ1v) is 3.93. The van der Waals surface area contributed by atoms with E-state index in [1.54, 1.807) is 12.1 Å². The Morgan fingerprint density at radius 1 is 1.36 bits per heavy atom. The van der Waals surface area contributed by atoms with E-state index in [0.29, 0.717) is 13.0 Å². The van der Waals surface area contributed by atoms with Crippen LogP contribution in [0.5, 0.6) is 5.75 Å². The van der Waals surface area contributed by atoms with Gasteiger partial charge in [0.1, 0.15) is 5.75 Å². The number of ether oxygens (including phenoxy) is 1. The molecular weight excluding hydrogens is 192 g/mol. The van der Waals surface area contributed by atoms with Crippen molar-refractivity contribution in [1.82, 2.24) is 5.32 Å². The Hall–Kier alpha value is -1.65. The van der Waals surface area contributed by atoms with Crippen molar-refractivity contribution < 1.29 is 18.3 Å². The molecule has 1 N–H and O–H groups in total. The Morgan fingerprint density at radius 3 is 2.50 bits per heavy atom. The molecule has 0 atom stereocenters. The minimum absolute atomic E-state index is 0.106. The number of carbonyl (C=O) groups excluding carboxylic acids is 1. The number of hydrogen-bond donors (Lipinski definition) is 1. The molecule has 1 amide bonds. The maximum atomic E-state index is 11.7. The van der Waals surface area contributed by atoms with Gasteiger partial charge in [0.2, 0.25) is 6.41 Å². The van der Waals surface area contributed by atoms with E-state index in [-0.39, 0.29) is 5.75 Å². The van der Waals surface area contributed by atoms with E-state index in [9.17, 15) is 13.6 Å². The fraction of sp³-hybridized carbons (Fsp3) is 0.222. The van der Waals surface area contributed by atoms with Crippen LogP contribution in [-0.4, -0.2) is 13.0 Å². The molecule has 76 valence electrons. The van der Waals surface area contributed by atoms with Gasteiger partial charge >= 0.3 is 6.61 Å². The quantitative estimate of drug-likeness (QED) is 0.734. The lowest BCUT2D eigenvalue weighted by Gasteiger charge is -2.05. The number of rotatable bonds is 5. The first-order valence-electron chi connectivity index (χ1n) is 3.93. The summed E-state index contributed by atoms with van der Waals surface area (Å²) >= 11 is 0. The molecule has 0 aromatic heterocycles. The summed E-state index contributed by atoms with van der Waals surface area (Å²) < 4.78 is 27.6. The van der Waals surface area contributed by atoms with Crippen LogP contribution in [0.15, 0.2) is 24.3 Å². The largest absolute Gasteiger partial charge is 0.435 e. The zero-order valence-electron chi connectivity index (χ0n) is 7.24. The molecular formula is C9H9F2NO2. The topological polar surface area (TPSA) is 38.3 Å². The lowest BCUT2D eigenvalue weighted by Crippen LogP contribution is -2.09. The Morgan fingerprint density at radius 2 is 2.00 bits per heavy atom. The van der Waals surface area contributed by atoms with Crippen molar-refractivity contribution in [1.29, 1.82) is 0 Å². The van der Waals surface area contributed by atoms with Crippen LogP contribution in [0.1, 0.15) is 5.56 Å². The average molecular weight is 201 g/mol. The highest BCUT2D eigenvalue weighted by atomic mass is 19.3. The molecule has 0 aliphatic carbocycles. The monoisotopic (exact) mass is 201 g/mol. The second-order valence-electron chi connectivity index (χ2n) is 2.52. The maximum Gasteiger partial charge on any atom is 0.387 e. The van der Waals surface area contributed by atoms with Gasteiger partial charge in [0.25, 0.3) is 0 Å². The fourth-order valence-corrected chi connectivity index (χ4v) is 0.948. The average Bonchev–Trinajstić information content (AvgIpc) is 2.16. The van der Waals surface area contributed by atoms with Gasteiger partial charge in [0.05, 0.1) is 0 Å². The molecule has 0 fully saturated rings. The number of carbonyl (C=O) groups is 1. The molecule has 14 heavy (non-hydrogen) atoms. The third-order valence-corrected chi connectivity index (χ3v) is 1.54. The normalized spacial score (nSPS) is 9.93. The molecule has 5 heteroatoms. The molecule has 0 saturated carbocycles. The summed E-state index contributed by atoms with van der Waals surface area (Å²) in [6.45, 7) is -2.44. The smallest absolute Gasteiger partial charge is 0.387 e. The molecule has 0 spiro atoms. The van der Waals surface area contributed by atoms with Gasteiger partial charge in [0.15, 0.2) is 0 Å². The standard InChI is InChI=1S/C9H9F2NO2/c10-9(11)14-8-3-1-7(2-4-8)5-12-6-13/h1-4,6,9H,5H2,(H,12,13). The van der Waals surface area contributed by atoms with Crippen LogP contribution >= 0.6 is 0 Å². The van der Waals surface area contributed by atoms with E-state index in [1.165, 1.54) is 12.1 Å². The molecule has 0 unspecified atom stereocenters. The summed E-state index contributed by atoms with van der Waals surface area (Å²) in [6.07, 6.45) is 0.573. The van der Waals surface area contributed by atoms with E-state index < -0.39 is 6.61 Å². The second kappa shape index (κ2) is 5.16. The number of benzene rings is 1. The van der Waals surface area contributed by atoms with Crippen LogP contribution in [0.2, 0.25) is 0 Å². The molecule has 0 heterocycles. The summed E-state index contributed by atoms with van der Waals surface area (Å²) in [5, 5.41) is 2.46.